The van der Waals surface area contributed by atoms with Crippen LogP contribution < -0.4 is 5.32 Å². The first kappa shape index (κ1) is 19.5. The van der Waals surface area contributed by atoms with Gasteiger partial charge in [0.05, 0.1) is 23.4 Å². The number of alkyl halides is 3. The van der Waals surface area contributed by atoms with Crippen molar-refractivity contribution in [2.45, 2.75) is 25.8 Å². The lowest BCUT2D eigenvalue weighted by Gasteiger charge is -2.17. The van der Waals surface area contributed by atoms with Crippen LogP contribution in [0.25, 0.3) is 0 Å². The third-order valence-electron chi connectivity index (χ3n) is 3.52. The van der Waals surface area contributed by atoms with Crippen molar-refractivity contribution in [3.8, 4) is 0 Å². The molecule has 8 heteroatoms. The Morgan fingerprint density at radius 1 is 1.12 bits per heavy atom. The van der Waals surface area contributed by atoms with Gasteiger partial charge in [-0.2, -0.15) is 13.2 Å². The second-order valence-electron chi connectivity index (χ2n) is 5.44. The molecule has 2 N–H and O–H groups in total. The molecule has 0 fully saturated rings. The molecule has 0 radical (unpaired) electrons. The van der Waals surface area contributed by atoms with Crippen molar-refractivity contribution in [1.82, 2.24) is 0 Å². The minimum absolute atomic E-state index is 0.151. The standard InChI is InChI=1S/C18H16F3NO4/c1-11(26-17(25)13-8-6-12(10-23)7-9-13)16(24)22-15-5-3-2-4-14(15)18(19,20)21/h2-9,11,23H,10H2,1H3,(H,22,24). The summed E-state index contributed by atoms with van der Waals surface area (Å²) in [7, 11) is 0. The topological polar surface area (TPSA) is 75.6 Å². The fourth-order valence-corrected chi connectivity index (χ4v) is 2.10. The Kier molecular flexibility index (Phi) is 5.99. The maximum atomic E-state index is 12.9. The summed E-state index contributed by atoms with van der Waals surface area (Å²) in [5.41, 5.74) is -0.666. The molecule has 26 heavy (non-hydrogen) atoms. The molecule has 0 aliphatic rings. The number of ether oxygens (including phenoxy) is 1. The number of aliphatic hydroxyl groups is 1. The smallest absolute Gasteiger partial charge is 0.418 e. The first-order valence-corrected chi connectivity index (χ1v) is 7.60. The third-order valence-corrected chi connectivity index (χ3v) is 3.52. The second-order valence-corrected chi connectivity index (χ2v) is 5.44. The molecule has 2 aromatic rings. The van der Waals surface area contributed by atoms with Crippen LogP contribution in [-0.2, 0) is 22.3 Å². The van der Waals surface area contributed by atoms with Crippen LogP contribution in [0.3, 0.4) is 0 Å². The minimum atomic E-state index is -4.63. The van der Waals surface area contributed by atoms with Gasteiger partial charge in [0.25, 0.3) is 5.91 Å². The molecular formula is C18H16F3NO4. The Bertz CT molecular complexity index is 788. The molecule has 0 aromatic heterocycles. The van der Waals surface area contributed by atoms with Gasteiger partial charge in [0.2, 0.25) is 0 Å². The highest BCUT2D eigenvalue weighted by molar-refractivity contribution is 5.97. The zero-order valence-corrected chi connectivity index (χ0v) is 13.7. The molecular weight excluding hydrogens is 351 g/mol. The van der Waals surface area contributed by atoms with Gasteiger partial charge in [-0.25, -0.2) is 4.79 Å². The average Bonchev–Trinajstić information content (AvgIpc) is 2.61. The van der Waals surface area contributed by atoms with Crippen LogP contribution >= 0.6 is 0 Å². The number of hydrogen-bond donors (Lipinski definition) is 2. The number of halogens is 3. The van der Waals surface area contributed by atoms with Crippen LogP contribution in [0.2, 0.25) is 0 Å². The van der Waals surface area contributed by atoms with E-state index in [1.54, 1.807) is 0 Å². The number of rotatable bonds is 5. The van der Waals surface area contributed by atoms with Gasteiger partial charge in [-0.15, -0.1) is 0 Å². The molecule has 5 nitrogen and oxygen atoms in total. The molecule has 0 saturated carbocycles. The molecule has 2 aromatic carbocycles. The lowest BCUT2D eigenvalue weighted by molar-refractivity contribution is -0.137. The molecule has 0 heterocycles. The highest BCUT2D eigenvalue weighted by Gasteiger charge is 2.34. The summed E-state index contributed by atoms with van der Waals surface area (Å²) in [6.45, 7) is 1.07. The first-order valence-electron chi connectivity index (χ1n) is 7.60. The summed E-state index contributed by atoms with van der Waals surface area (Å²) in [5.74, 6) is -1.69. The molecule has 1 atom stereocenters. The van der Waals surface area contributed by atoms with Crippen molar-refractivity contribution in [3.63, 3.8) is 0 Å². The fourth-order valence-electron chi connectivity index (χ4n) is 2.10. The number of nitrogens with one attached hydrogen (secondary N) is 1. The van der Waals surface area contributed by atoms with Crippen molar-refractivity contribution in [3.05, 3.63) is 65.2 Å². The molecule has 1 amide bonds. The van der Waals surface area contributed by atoms with E-state index >= 15 is 0 Å². The summed E-state index contributed by atoms with van der Waals surface area (Å²) in [6.07, 6.45) is -5.93. The van der Waals surface area contributed by atoms with Crippen LogP contribution in [0.15, 0.2) is 48.5 Å². The van der Waals surface area contributed by atoms with Gasteiger partial charge in [0, 0.05) is 0 Å². The molecule has 0 spiro atoms. The Hall–Kier alpha value is -2.87. The Morgan fingerprint density at radius 2 is 1.73 bits per heavy atom. The van der Waals surface area contributed by atoms with E-state index in [9.17, 15) is 22.8 Å². The van der Waals surface area contributed by atoms with E-state index in [1.165, 1.54) is 43.3 Å². The molecule has 0 saturated heterocycles. The molecule has 0 aliphatic heterocycles. The molecule has 138 valence electrons. The van der Waals surface area contributed by atoms with Crippen LogP contribution in [-0.4, -0.2) is 23.1 Å². The summed E-state index contributed by atoms with van der Waals surface area (Å²) >= 11 is 0. The van der Waals surface area contributed by atoms with Crippen LogP contribution in [0.1, 0.15) is 28.4 Å². The number of esters is 1. The van der Waals surface area contributed by atoms with Gasteiger partial charge in [-0.3, -0.25) is 4.79 Å². The van der Waals surface area contributed by atoms with E-state index in [0.717, 1.165) is 12.1 Å². The highest BCUT2D eigenvalue weighted by Crippen LogP contribution is 2.34. The van der Waals surface area contributed by atoms with Gasteiger partial charge < -0.3 is 15.2 Å². The van der Waals surface area contributed by atoms with E-state index in [2.05, 4.69) is 5.32 Å². The fraction of sp³-hybridized carbons (Fsp3) is 0.222. The maximum absolute atomic E-state index is 12.9. The SMILES string of the molecule is CC(OC(=O)c1ccc(CO)cc1)C(=O)Nc1ccccc1C(F)(F)F. The lowest BCUT2D eigenvalue weighted by atomic mass is 10.1. The van der Waals surface area contributed by atoms with Gasteiger partial charge in [-0.1, -0.05) is 24.3 Å². The van der Waals surface area contributed by atoms with Gasteiger partial charge in [0.1, 0.15) is 0 Å². The molecule has 2 rings (SSSR count). The quantitative estimate of drug-likeness (QED) is 0.795. The average molecular weight is 367 g/mol. The highest BCUT2D eigenvalue weighted by atomic mass is 19.4. The zero-order valence-electron chi connectivity index (χ0n) is 13.7. The van der Waals surface area contributed by atoms with Crippen LogP contribution in [0.4, 0.5) is 18.9 Å². The van der Waals surface area contributed by atoms with Gasteiger partial charge in [-0.05, 0) is 36.8 Å². The maximum Gasteiger partial charge on any atom is 0.418 e. The molecule has 0 bridgehead atoms. The van der Waals surface area contributed by atoms with Gasteiger partial charge in [0.15, 0.2) is 6.10 Å². The van der Waals surface area contributed by atoms with Crippen LogP contribution in [0, 0.1) is 0 Å². The predicted octanol–water partition coefficient (Wildman–Crippen LogP) is 3.38. The Labute approximate surface area is 147 Å². The van der Waals surface area contributed by atoms with Crippen molar-refractivity contribution in [2.24, 2.45) is 0 Å². The molecule has 0 aliphatic carbocycles. The predicted molar refractivity (Wildman–Crippen MR) is 87.3 cm³/mol. The number of amides is 1. The summed E-state index contributed by atoms with van der Waals surface area (Å²) in [4.78, 5) is 24.1. The number of benzene rings is 2. The minimum Gasteiger partial charge on any atom is -0.449 e. The summed E-state index contributed by atoms with van der Waals surface area (Å²) < 4.78 is 43.8. The number of carbonyl (C=O) groups is 2. The van der Waals surface area contributed by atoms with Crippen molar-refractivity contribution < 1.29 is 32.6 Å². The van der Waals surface area contributed by atoms with E-state index in [1.807, 2.05) is 0 Å². The van der Waals surface area contributed by atoms with E-state index < -0.39 is 35.4 Å². The number of para-hydroxylation sites is 1. The monoisotopic (exact) mass is 367 g/mol. The first-order chi connectivity index (χ1) is 12.2. The van der Waals surface area contributed by atoms with E-state index in [4.69, 9.17) is 9.84 Å². The van der Waals surface area contributed by atoms with Gasteiger partial charge >= 0.3 is 12.1 Å². The summed E-state index contributed by atoms with van der Waals surface area (Å²) in [5, 5.41) is 11.1. The van der Waals surface area contributed by atoms with Crippen LogP contribution in [0.5, 0.6) is 0 Å². The summed E-state index contributed by atoms with van der Waals surface area (Å²) in [6, 6.07) is 10.4. The Balaban J connectivity index is 2.05. The normalized spacial score (nSPS) is 12.3. The number of hydrogen-bond acceptors (Lipinski definition) is 4. The number of aliphatic hydroxyl groups excluding tert-OH is 1. The van der Waals surface area contributed by atoms with Crippen molar-refractivity contribution in [1.29, 1.82) is 0 Å². The Morgan fingerprint density at radius 3 is 2.31 bits per heavy atom. The van der Waals surface area contributed by atoms with E-state index in [-0.39, 0.29) is 12.2 Å². The molecule has 1 unspecified atom stereocenters. The zero-order chi connectivity index (χ0) is 19.3. The second kappa shape index (κ2) is 8.01. The van der Waals surface area contributed by atoms with E-state index in [0.29, 0.717) is 5.56 Å². The van der Waals surface area contributed by atoms with Crippen molar-refractivity contribution in [2.75, 3.05) is 5.32 Å². The lowest BCUT2D eigenvalue weighted by Crippen LogP contribution is -2.30. The third kappa shape index (κ3) is 4.82. The van der Waals surface area contributed by atoms with Crippen molar-refractivity contribution >= 4 is 17.6 Å². The number of anilines is 1. The number of carbonyl (C=O) groups excluding carboxylic acids is 2. The largest absolute Gasteiger partial charge is 0.449 e.